The highest BCUT2D eigenvalue weighted by Gasteiger charge is 2.70. The lowest BCUT2D eigenvalue weighted by molar-refractivity contribution is -0.155. The average Bonchev–Trinajstić information content (AvgIpc) is 3.66. The van der Waals surface area contributed by atoms with Crippen molar-refractivity contribution in [1.82, 2.24) is 9.80 Å². The highest BCUT2D eigenvalue weighted by molar-refractivity contribution is 6.08. The van der Waals surface area contributed by atoms with Gasteiger partial charge in [0.2, 0.25) is 23.6 Å². The molecule has 4 saturated heterocycles. The van der Waals surface area contributed by atoms with Gasteiger partial charge in [-0.3, -0.25) is 48.2 Å². The molecule has 0 aromatic carbocycles. The number of esters is 4. The molecule has 0 aromatic heterocycles. The van der Waals surface area contributed by atoms with Crippen LogP contribution in [0.2, 0.25) is 0 Å². The first kappa shape index (κ1) is 32.2. The molecule has 10 fully saturated rings. The van der Waals surface area contributed by atoms with Crippen LogP contribution in [0, 0.1) is 94.7 Å². The van der Waals surface area contributed by atoms with E-state index in [9.17, 15) is 38.4 Å². The molecule has 272 valence electrons. The second kappa shape index (κ2) is 11.0. The van der Waals surface area contributed by atoms with Gasteiger partial charge in [-0.25, -0.2) is 0 Å². The summed E-state index contributed by atoms with van der Waals surface area (Å²) in [5, 5.41) is 0. The summed E-state index contributed by atoms with van der Waals surface area (Å²) in [7, 11) is 0. The second-order valence-electron chi connectivity index (χ2n) is 18.4. The normalized spacial score (nSPS) is 51.2. The number of hydrogen-bond acceptors (Lipinski definition) is 10. The monoisotopic (exact) mass is 702 g/mol. The number of nitrogens with zero attached hydrogens (tertiary/aromatic N) is 2. The Hall–Kier alpha value is -3.44. The van der Waals surface area contributed by atoms with Crippen LogP contribution < -0.4 is 0 Å². The summed E-state index contributed by atoms with van der Waals surface area (Å²) in [6, 6.07) is -0.246. The molecule has 12 heteroatoms. The fourth-order valence-electron chi connectivity index (χ4n) is 14.0. The molecular weight excluding hydrogens is 656 g/mol. The molecule has 6 aliphatic carbocycles. The number of cyclic esters (lactones) is 4. The Morgan fingerprint density at radius 3 is 1.25 bits per heavy atom. The van der Waals surface area contributed by atoms with E-state index < -0.39 is 59.4 Å². The van der Waals surface area contributed by atoms with Crippen molar-refractivity contribution in [3.05, 3.63) is 0 Å². The van der Waals surface area contributed by atoms with Crippen molar-refractivity contribution < 1.29 is 47.8 Å². The van der Waals surface area contributed by atoms with Crippen molar-refractivity contribution in [3.63, 3.8) is 0 Å². The van der Waals surface area contributed by atoms with Crippen LogP contribution in [0.3, 0.4) is 0 Å². The average molecular weight is 703 g/mol. The third-order valence-corrected chi connectivity index (χ3v) is 16.3. The van der Waals surface area contributed by atoms with Gasteiger partial charge in [0.05, 0.1) is 47.3 Å². The van der Waals surface area contributed by atoms with Gasteiger partial charge in [-0.1, -0.05) is 13.8 Å². The van der Waals surface area contributed by atoms with Crippen molar-refractivity contribution in [2.24, 2.45) is 94.7 Å². The predicted octanol–water partition coefficient (Wildman–Crippen LogP) is 2.90. The molecule has 18 unspecified atom stereocenters. The molecule has 51 heavy (non-hydrogen) atoms. The Morgan fingerprint density at radius 1 is 0.451 bits per heavy atom. The number of ether oxygens (including phenoxy) is 2. The van der Waals surface area contributed by atoms with E-state index >= 15 is 0 Å². The molecule has 10 rings (SSSR count). The number of hydrogen-bond donors (Lipinski definition) is 0. The lowest BCUT2D eigenvalue weighted by Gasteiger charge is -2.50. The van der Waals surface area contributed by atoms with E-state index in [1.54, 1.807) is 9.80 Å². The van der Waals surface area contributed by atoms with E-state index in [1.807, 2.05) is 0 Å². The minimum Gasteiger partial charge on any atom is -0.393 e. The maximum absolute atomic E-state index is 13.8. The van der Waals surface area contributed by atoms with Crippen molar-refractivity contribution in [1.29, 1.82) is 0 Å². The molecule has 0 aromatic rings. The summed E-state index contributed by atoms with van der Waals surface area (Å²) < 4.78 is 9.77. The molecule has 0 N–H and O–H groups in total. The summed E-state index contributed by atoms with van der Waals surface area (Å²) in [5.74, 6) is -4.46. The summed E-state index contributed by atoms with van der Waals surface area (Å²) in [6.45, 7) is 4.32. The number of carbonyl (C=O) groups excluding carboxylic acids is 8. The molecule has 18 atom stereocenters. The molecule has 0 bridgehead atoms. The first-order valence-electron chi connectivity index (χ1n) is 19.7. The quantitative estimate of drug-likeness (QED) is 0.242. The van der Waals surface area contributed by atoms with Crippen LogP contribution in [0.25, 0.3) is 0 Å². The largest absolute Gasteiger partial charge is 0.393 e. The van der Waals surface area contributed by atoms with Crippen LogP contribution >= 0.6 is 0 Å². The predicted molar refractivity (Wildman–Crippen MR) is 171 cm³/mol. The van der Waals surface area contributed by atoms with Gasteiger partial charge in [0.1, 0.15) is 0 Å². The van der Waals surface area contributed by atoms with E-state index in [-0.39, 0.29) is 83.1 Å². The van der Waals surface area contributed by atoms with Crippen LogP contribution in [-0.2, 0) is 47.8 Å². The first-order valence-corrected chi connectivity index (χ1v) is 19.7. The number of imide groups is 2. The van der Waals surface area contributed by atoms with Crippen molar-refractivity contribution >= 4 is 47.5 Å². The Labute approximate surface area is 296 Å². The zero-order chi connectivity index (χ0) is 35.4. The van der Waals surface area contributed by atoms with Crippen LogP contribution in [0.15, 0.2) is 0 Å². The molecule has 4 amide bonds. The summed E-state index contributed by atoms with van der Waals surface area (Å²) in [6.07, 6.45) is 8.28. The summed E-state index contributed by atoms with van der Waals surface area (Å²) >= 11 is 0. The van der Waals surface area contributed by atoms with E-state index in [4.69, 9.17) is 9.47 Å². The number of likely N-dealkylation sites (tertiary alicyclic amines) is 2. The lowest BCUT2D eigenvalue weighted by atomic mass is 9.49. The molecule has 0 radical (unpaired) electrons. The number of fused-ring (bicyclic) bond motifs is 10. The third kappa shape index (κ3) is 4.30. The van der Waals surface area contributed by atoms with Crippen molar-refractivity contribution in [3.8, 4) is 0 Å². The zero-order valence-electron chi connectivity index (χ0n) is 29.1. The Bertz CT molecular complexity index is 1510. The van der Waals surface area contributed by atoms with Crippen LogP contribution in [0.5, 0.6) is 0 Å². The Balaban J connectivity index is 0.743. The molecule has 0 spiro atoms. The highest BCUT2D eigenvalue weighted by Crippen LogP contribution is 2.63. The molecule has 4 aliphatic heterocycles. The summed E-state index contributed by atoms with van der Waals surface area (Å²) in [5.41, 5.74) is 0. The van der Waals surface area contributed by atoms with Crippen LogP contribution in [-0.4, -0.2) is 69.4 Å². The Morgan fingerprint density at radius 2 is 0.824 bits per heavy atom. The molecule has 6 saturated carbocycles. The fourth-order valence-corrected chi connectivity index (χ4v) is 14.0. The van der Waals surface area contributed by atoms with Gasteiger partial charge >= 0.3 is 23.9 Å². The smallest absolute Gasteiger partial charge is 0.317 e. The maximum atomic E-state index is 13.8. The number of amides is 4. The van der Waals surface area contributed by atoms with E-state index in [2.05, 4.69) is 13.8 Å². The van der Waals surface area contributed by atoms with Crippen molar-refractivity contribution in [2.75, 3.05) is 0 Å². The van der Waals surface area contributed by atoms with Gasteiger partial charge in [-0.05, 0) is 118 Å². The molecule has 12 nitrogen and oxygen atoms in total. The van der Waals surface area contributed by atoms with Gasteiger partial charge < -0.3 is 9.47 Å². The molecule has 10 aliphatic rings. The topological polar surface area (TPSA) is 161 Å². The SMILES string of the molecule is CC1CC(CC2CCC(N3C(=O)C4C5CC6C(=O)OC(=O)C6CC5C4C3=O)C(C)C2)CCC1N1C(=O)C2CC3C(CC2C1=O)C1C(=O)OC(=O)C31. The molecular formula is C39H46N2O10. The van der Waals surface area contributed by atoms with Crippen LogP contribution in [0.1, 0.15) is 84.5 Å². The second-order valence-corrected chi connectivity index (χ2v) is 18.4. The Kier molecular flexibility index (Phi) is 6.98. The minimum atomic E-state index is -0.477. The van der Waals surface area contributed by atoms with E-state index in [1.165, 1.54) is 0 Å². The van der Waals surface area contributed by atoms with E-state index in [0.29, 0.717) is 37.5 Å². The van der Waals surface area contributed by atoms with Gasteiger partial charge in [0.15, 0.2) is 0 Å². The standard InChI is InChI=1S/C39H46N2O10/c1-14-7-16(3-5-26(14)40-32(42)22-10-20-21(11-23(22)33(40)43)31-30(20)38(48)51-39(31)49)9-17-4-6-27(15(2)8-17)41-34(44)28-18-12-24-25(37(47)50-36(24)46)13-19(18)29(28)35(41)45/h14-31H,3-13H2,1-2H3. The molecule has 4 heterocycles. The number of rotatable bonds is 4. The fraction of sp³-hybridized carbons (Fsp3) is 0.795. The summed E-state index contributed by atoms with van der Waals surface area (Å²) in [4.78, 5) is 107. The minimum absolute atomic E-state index is 0.0311. The van der Waals surface area contributed by atoms with Gasteiger partial charge in [-0.15, -0.1) is 0 Å². The van der Waals surface area contributed by atoms with Gasteiger partial charge in [0, 0.05) is 12.1 Å². The number of carbonyl (C=O) groups is 8. The maximum Gasteiger partial charge on any atom is 0.317 e. The zero-order valence-corrected chi connectivity index (χ0v) is 29.1. The van der Waals surface area contributed by atoms with Gasteiger partial charge in [-0.2, -0.15) is 0 Å². The van der Waals surface area contributed by atoms with Gasteiger partial charge in [0.25, 0.3) is 0 Å². The van der Waals surface area contributed by atoms with Crippen LogP contribution in [0.4, 0.5) is 0 Å². The third-order valence-electron chi connectivity index (χ3n) is 16.3. The highest BCUT2D eigenvalue weighted by atomic mass is 16.6. The van der Waals surface area contributed by atoms with E-state index in [0.717, 1.165) is 44.9 Å². The first-order chi connectivity index (χ1) is 24.4. The van der Waals surface area contributed by atoms with Crippen molar-refractivity contribution in [2.45, 2.75) is 96.6 Å². The lowest BCUT2D eigenvalue weighted by Crippen LogP contribution is -2.53.